The van der Waals surface area contributed by atoms with E-state index in [2.05, 4.69) is 13.8 Å². The molecule has 5 nitrogen and oxygen atoms in total. The van der Waals surface area contributed by atoms with E-state index >= 15 is 0 Å². The minimum absolute atomic E-state index is 0.256. The van der Waals surface area contributed by atoms with Crippen LogP contribution < -0.4 is 0 Å². The fraction of sp³-hybridized carbons (Fsp3) is 0.889. The highest BCUT2D eigenvalue weighted by molar-refractivity contribution is 5.75. The zero-order chi connectivity index (χ0) is 17.5. The van der Waals surface area contributed by atoms with E-state index in [9.17, 15) is 14.7 Å². The van der Waals surface area contributed by atoms with Gasteiger partial charge < -0.3 is 14.7 Å². The van der Waals surface area contributed by atoms with Crippen molar-refractivity contribution in [3.63, 3.8) is 0 Å². The first kappa shape index (κ1) is 18.1. The summed E-state index contributed by atoms with van der Waals surface area (Å²) in [5, 5.41) is 9.71. The van der Waals surface area contributed by atoms with Gasteiger partial charge in [0, 0.05) is 18.5 Å². The topological polar surface area (TPSA) is 66.8 Å². The van der Waals surface area contributed by atoms with Crippen LogP contribution in [-0.4, -0.2) is 40.8 Å². The number of likely N-dealkylation sites (tertiary alicyclic amines) is 1. The Hall–Kier alpha value is -1.26. The largest absolute Gasteiger partial charge is 0.481 e. The monoisotopic (exact) mass is 325 g/mol. The molecule has 2 atom stereocenters. The van der Waals surface area contributed by atoms with Crippen LogP contribution >= 0.6 is 0 Å². The van der Waals surface area contributed by atoms with Gasteiger partial charge in [-0.1, -0.05) is 20.3 Å². The van der Waals surface area contributed by atoms with E-state index < -0.39 is 17.5 Å². The molecule has 0 radical (unpaired) electrons. The summed E-state index contributed by atoms with van der Waals surface area (Å²) in [6.45, 7) is 10.8. The summed E-state index contributed by atoms with van der Waals surface area (Å²) in [4.78, 5) is 25.8. The second-order valence-electron chi connectivity index (χ2n) is 9.13. The molecular weight excluding hydrogens is 294 g/mol. The molecule has 0 aromatic rings. The van der Waals surface area contributed by atoms with E-state index in [-0.39, 0.29) is 23.5 Å². The summed E-state index contributed by atoms with van der Waals surface area (Å²) >= 11 is 0. The second-order valence-corrected chi connectivity index (χ2v) is 9.13. The van der Waals surface area contributed by atoms with Crippen LogP contribution in [0.3, 0.4) is 0 Å². The van der Waals surface area contributed by atoms with E-state index in [4.69, 9.17) is 4.74 Å². The number of ether oxygens (including phenoxy) is 1. The van der Waals surface area contributed by atoms with Crippen molar-refractivity contribution >= 4 is 12.1 Å². The maximum Gasteiger partial charge on any atom is 0.410 e. The molecule has 23 heavy (non-hydrogen) atoms. The van der Waals surface area contributed by atoms with Crippen molar-refractivity contribution < 1.29 is 19.4 Å². The van der Waals surface area contributed by atoms with Gasteiger partial charge in [0.25, 0.3) is 0 Å². The fourth-order valence-corrected chi connectivity index (χ4v) is 4.04. The lowest BCUT2D eigenvalue weighted by Gasteiger charge is -2.32. The van der Waals surface area contributed by atoms with E-state index in [0.717, 1.165) is 32.1 Å². The number of rotatable bonds is 1. The fourth-order valence-electron chi connectivity index (χ4n) is 4.04. The first-order valence-corrected chi connectivity index (χ1v) is 8.65. The van der Waals surface area contributed by atoms with E-state index in [1.54, 1.807) is 4.90 Å². The van der Waals surface area contributed by atoms with Gasteiger partial charge >= 0.3 is 12.1 Å². The molecular formula is C18H31NO4. The SMILES string of the molecule is CC1(C)CCCC2(CC1)CN(C(=O)OC(C)(C)C)CC2C(=O)O. The average Bonchev–Trinajstić information content (AvgIpc) is 2.67. The number of carboxylic acids is 1. The molecule has 0 aromatic heterocycles. The standard InChI is InChI=1S/C18H31NO4/c1-16(2,3)23-15(22)19-11-13(14(20)21)18(12-19)8-6-7-17(4,5)9-10-18/h13H,6-12H2,1-5H3,(H,20,21). The predicted molar refractivity (Wildman–Crippen MR) is 88.2 cm³/mol. The maximum atomic E-state index is 12.4. The van der Waals surface area contributed by atoms with Gasteiger partial charge in [0.1, 0.15) is 5.60 Å². The molecule has 5 heteroatoms. The van der Waals surface area contributed by atoms with Crippen molar-refractivity contribution in [2.75, 3.05) is 13.1 Å². The molecule has 1 N–H and O–H groups in total. The second kappa shape index (κ2) is 5.99. The van der Waals surface area contributed by atoms with Gasteiger partial charge in [-0.3, -0.25) is 4.79 Å². The highest BCUT2D eigenvalue weighted by Gasteiger charge is 2.52. The molecule has 2 rings (SSSR count). The summed E-state index contributed by atoms with van der Waals surface area (Å²) < 4.78 is 5.45. The minimum Gasteiger partial charge on any atom is -0.481 e. The zero-order valence-corrected chi connectivity index (χ0v) is 15.1. The molecule has 0 aromatic carbocycles. The van der Waals surface area contributed by atoms with Gasteiger partial charge in [0.2, 0.25) is 0 Å². The van der Waals surface area contributed by atoms with Crippen LogP contribution in [0, 0.1) is 16.7 Å². The molecule has 0 bridgehead atoms. The van der Waals surface area contributed by atoms with Crippen LogP contribution in [0.15, 0.2) is 0 Å². The molecule has 1 aliphatic carbocycles. The molecule has 1 amide bonds. The van der Waals surface area contributed by atoms with E-state index in [1.165, 1.54) is 0 Å². The van der Waals surface area contributed by atoms with Gasteiger partial charge in [-0.25, -0.2) is 4.79 Å². The van der Waals surface area contributed by atoms with Crippen molar-refractivity contribution in [1.82, 2.24) is 4.90 Å². The van der Waals surface area contributed by atoms with Gasteiger partial charge in [0.05, 0.1) is 5.92 Å². The maximum absolute atomic E-state index is 12.4. The van der Waals surface area contributed by atoms with E-state index in [1.807, 2.05) is 20.8 Å². The lowest BCUT2D eigenvalue weighted by atomic mass is 9.71. The number of aliphatic carboxylic acids is 1. The summed E-state index contributed by atoms with van der Waals surface area (Å²) in [5.74, 6) is -1.26. The Bertz CT molecular complexity index is 480. The quantitative estimate of drug-likeness (QED) is 0.793. The van der Waals surface area contributed by atoms with Crippen LogP contribution in [-0.2, 0) is 9.53 Å². The van der Waals surface area contributed by atoms with Crippen LogP contribution in [0.5, 0.6) is 0 Å². The first-order valence-electron chi connectivity index (χ1n) is 8.65. The molecule has 1 saturated carbocycles. The van der Waals surface area contributed by atoms with Crippen LogP contribution in [0.2, 0.25) is 0 Å². The van der Waals surface area contributed by atoms with Crippen LogP contribution in [0.25, 0.3) is 0 Å². The Morgan fingerprint density at radius 1 is 1.13 bits per heavy atom. The van der Waals surface area contributed by atoms with Gasteiger partial charge in [0.15, 0.2) is 0 Å². The highest BCUT2D eigenvalue weighted by atomic mass is 16.6. The number of nitrogens with zero attached hydrogens (tertiary/aromatic N) is 1. The summed E-state index contributed by atoms with van der Waals surface area (Å²) in [5.41, 5.74) is -0.598. The Balaban J connectivity index is 2.18. The number of amides is 1. The molecule has 2 fully saturated rings. The van der Waals surface area contributed by atoms with Crippen molar-refractivity contribution in [3.05, 3.63) is 0 Å². The number of carbonyl (C=O) groups is 2. The Kier molecular flexibility index (Phi) is 4.71. The zero-order valence-electron chi connectivity index (χ0n) is 15.1. The molecule has 1 heterocycles. The molecule has 2 aliphatic rings. The third kappa shape index (κ3) is 4.18. The molecule has 1 saturated heterocycles. The van der Waals surface area contributed by atoms with Gasteiger partial charge in [-0.05, 0) is 51.9 Å². The molecule has 2 unspecified atom stereocenters. The minimum atomic E-state index is -0.782. The summed E-state index contributed by atoms with van der Waals surface area (Å²) in [6, 6.07) is 0. The lowest BCUT2D eigenvalue weighted by molar-refractivity contribution is -0.145. The summed E-state index contributed by atoms with van der Waals surface area (Å²) in [6.07, 6.45) is 4.53. The lowest BCUT2D eigenvalue weighted by Crippen LogP contribution is -2.37. The third-order valence-electron chi connectivity index (χ3n) is 5.43. The first-order chi connectivity index (χ1) is 10.4. The molecule has 1 spiro atoms. The third-order valence-corrected chi connectivity index (χ3v) is 5.43. The predicted octanol–water partition coefficient (Wildman–Crippen LogP) is 3.91. The Labute approximate surface area is 139 Å². The Morgan fingerprint density at radius 2 is 1.78 bits per heavy atom. The number of carbonyl (C=O) groups excluding carboxylic acids is 1. The molecule has 132 valence electrons. The van der Waals surface area contributed by atoms with E-state index in [0.29, 0.717) is 6.54 Å². The number of carboxylic acid groups (broad SMARTS) is 1. The highest BCUT2D eigenvalue weighted by Crippen LogP contribution is 2.50. The Morgan fingerprint density at radius 3 is 2.35 bits per heavy atom. The molecule has 1 aliphatic heterocycles. The van der Waals surface area contributed by atoms with Gasteiger partial charge in [-0.2, -0.15) is 0 Å². The number of hydrogen-bond donors (Lipinski definition) is 1. The van der Waals surface area contributed by atoms with Gasteiger partial charge in [-0.15, -0.1) is 0 Å². The average molecular weight is 325 g/mol. The van der Waals surface area contributed by atoms with Crippen LogP contribution in [0.4, 0.5) is 4.79 Å². The smallest absolute Gasteiger partial charge is 0.410 e. The normalized spacial score (nSPS) is 31.0. The van der Waals surface area contributed by atoms with Crippen LogP contribution in [0.1, 0.15) is 66.7 Å². The van der Waals surface area contributed by atoms with Crippen molar-refractivity contribution in [2.24, 2.45) is 16.7 Å². The summed E-state index contributed by atoms with van der Waals surface area (Å²) in [7, 11) is 0. The number of hydrogen-bond acceptors (Lipinski definition) is 3. The van der Waals surface area contributed by atoms with Crippen molar-refractivity contribution in [3.8, 4) is 0 Å². The van der Waals surface area contributed by atoms with Crippen molar-refractivity contribution in [2.45, 2.75) is 72.3 Å². The van der Waals surface area contributed by atoms with Crippen molar-refractivity contribution in [1.29, 1.82) is 0 Å².